The minimum absolute atomic E-state index is 0.186. The molecule has 0 aliphatic carbocycles. The van der Waals surface area contributed by atoms with E-state index in [-0.39, 0.29) is 23.0 Å². The summed E-state index contributed by atoms with van der Waals surface area (Å²) in [4.78, 5) is 25.9. The summed E-state index contributed by atoms with van der Waals surface area (Å²) in [5.41, 5.74) is 3.71. The van der Waals surface area contributed by atoms with Gasteiger partial charge in [0.1, 0.15) is 17.3 Å². The fourth-order valence-corrected chi connectivity index (χ4v) is 4.76. The first-order valence-corrected chi connectivity index (χ1v) is 13.9. The highest BCUT2D eigenvalue weighted by Crippen LogP contribution is 2.40. The maximum atomic E-state index is 14.5. The molecule has 5 aromatic rings. The van der Waals surface area contributed by atoms with Gasteiger partial charge in [-0.25, -0.2) is 8.78 Å². The molecule has 6 nitrogen and oxygen atoms in total. The van der Waals surface area contributed by atoms with Crippen molar-refractivity contribution in [3.8, 4) is 28.4 Å². The molecule has 8 heteroatoms. The minimum Gasteiger partial charge on any atom is -0.493 e. The van der Waals surface area contributed by atoms with Crippen LogP contribution in [0.25, 0.3) is 11.1 Å². The number of aromatic nitrogens is 1. The van der Waals surface area contributed by atoms with Gasteiger partial charge in [-0.2, -0.15) is 0 Å². The van der Waals surface area contributed by atoms with E-state index in [1.165, 1.54) is 22.3 Å². The fourth-order valence-electron chi connectivity index (χ4n) is 4.76. The van der Waals surface area contributed by atoms with Gasteiger partial charge in [0, 0.05) is 47.8 Å². The lowest BCUT2D eigenvalue weighted by atomic mass is 9.99. The molecule has 5 rings (SSSR count). The average molecular weight is 581 g/mol. The number of carbonyl (C=O) groups excluding carboxylic acids is 1. The Balaban J connectivity index is 1.51. The van der Waals surface area contributed by atoms with Gasteiger partial charge in [-0.3, -0.25) is 9.59 Å². The summed E-state index contributed by atoms with van der Waals surface area (Å²) in [5.74, 6) is -1.58. The van der Waals surface area contributed by atoms with Crippen LogP contribution in [0.1, 0.15) is 28.4 Å². The van der Waals surface area contributed by atoms with Gasteiger partial charge in [0.15, 0.2) is 11.6 Å². The molecule has 0 spiro atoms. The van der Waals surface area contributed by atoms with E-state index in [1.807, 2.05) is 36.4 Å². The first-order valence-electron chi connectivity index (χ1n) is 13.9. The van der Waals surface area contributed by atoms with Crippen LogP contribution in [0.2, 0.25) is 0 Å². The molecule has 1 heterocycles. The number of rotatable bonds is 10. The van der Waals surface area contributed by atoms with E-state index in [2.05, 4.69) is 17.4 Å². The third-order valence-electron chi connectivity index (χ3n) is 6.92. The lowest BCUT2D eigenvalue weighted by molar-refractivity contribution is 0.102. The second kappa shape index (κ2) is 13.2. The fraction of sp³-hybridized carbons (Fsp3) is 0.143. The molecule has 0 unspecified atom stereocenters. The van der Waals surface area contributed by atoms with Crippen LogP contribution in [-0.2, 0) is 19.9 Å². The van der Waals surface area contributed by atoms with Gasteiger partial charge in [-0.05, 0) is 67.3 Å². The SMILES string of the molecule is CCOc1cc(=O)n(C)cc1-c1cc(NC(=O)c2ccccc2CCc2ccccc2)ccc1Oc1ccc(F)cc1F. The number of amides is 1. The highest BCUT2D eigenvalue weighted by Gasteiger charge is 2.19. The summed E-state index contributed by atoms with van der Waals surface area (Å²) < 4.78 is 41.1. The Labute approximate surface area is 248 Å². The first kappa shape index (κ1) is 29.3. The monoisotopic (exact) mass is 580 g/mol. The van der Waals surface area contributed by atoms with Gasteiger partial charge >= 0.3 is 0 Å². The Bertz CT molecular complexity index is 1820. The van der Waals surface area contributed by atoms with E-state index in [1.54, 1.807) is 44.4 Å². The number of nitrogens with zero attached hydrogens (tertiary/aromatic N) is 1. The van der Waals surface area contributed by atoms with E-state index in [0.29, 0.717) is 41.2 Å². The Morgan fingerprint density at radius 1 is 0.814 bits per heavy atom. The maximum absolute atomic E-state index is 14.5. The zero-order chi connectivity index (χ0) is 30.3. The standard InChI is InChI=1S/C35H30F2N2O4/c1-3-42-33-21-34(40)39(2)22-29(33)28-20-26(16-18-31(28)43-32-17-15-25(36)19-30(32)37)38-35(41)27-12-8-7-11-24(27)14-13-23-9-5-4-6-10-23/h4-12,15-22H,3,13-14H2,1-2H3,(H,38,41). The van der Waals surface area contributed by atoms with Crippen LogP contribution >= 0.6 is 0 Å². The summed E-state index contributed by atoms with van der Waals surface area (Å²) >= 11 is 0. The van der Waals surface area contributed by atoms with Crippen LogP contribution in [0.15, 0.2) is 108 Å². The Hall–Kier alpha value is -5.24. The molecule has 0 saturated heterocycles. The van der Waals surface area contributed by atoms with Crippen LogP contribution in [0.5, 0.6) is 17.2 Å². The Kier molecular flexibility index (Phi) is 8.96. The van der Waals surface area contributed by atoms with Gasteiger partial charge in [0.25, 0.3) is 11.5 Å². The van der Waals surface area contributed by atoms with Crippen molar-refractivity contribution in [2.45, 2.75) is 19.8 Å². The highest BCUT2D eigenvalue weighted by atomic mass is 19.1. The normalized spacial score (nSPS) is 10.8. The maximum Gasteiger partial charge on any atom is 0.255 e. The van der Waals surface area contributed by atoms with Crippen LogP contribution in [0.3, 0.4) is 0 Å². The smallest absolute Gasteiger partial charge is 0.255 e. The lowest BCUT2D eigenvalue weighted by Gasteiger charge is -2.18. The summed E-state index contributed by atoms with van der Waals surface area (Å²) in [7, 11) is 1.60. The van der Waals surface area contributed by atoms with E-state index < -0.39 is 11.6 Å². The quantitative estimate of drug-likeness (QED) is 0.185. The van der Waals surface area contributed by atoms with Gasteiger partial charge in [0.05, 0.1) is 6.61 Å². The van der Waals surface area contributed by atoms with Crippen LogP contribution in [0, 0.1) is 11.6 Å². The Morgan fingerprint density at radius 3 is 2.33 bits per heavy atom. The van der Waals surface area contributed by atoms with Crippen molar-refractivity contribution in [1.82, 2.24) is 4.57 Å². The molecule has 1 aromatic heterocycles. The average Bonchev–Trinajstić information content (AvgIpc) is 3.00. The largest absolute Gasteiger partial charge is 0.493 e. The molecule has 0 bridgehead atoms. The van der Waals surface area contributed by atoms with Crippen LogP contribution in [-0.4, -0.2) is 17.1 Å². The number of aryl methyl sites for hydroxylation is 3. The molecule has 218 valence electrons. The van der Waals surface area contributed by atoms with Crippen molar-refractivity contribution in [3.05, 3.63) is 142 Å². The topological polar surface area (TPSA) is 69.6 Å². The molecule has 43 heavy (non-hydrogen) atoms. The molecule has 0 aliphatic heterocycles. The van der Waals surface area contributed by atoms with Gasteiger partial charge in [-0.1, -0.05) is 48.5 Å². The van der Waals surface area contributed by atoms with Crippen molar-refractivity contribution in [2.24, 2.45) is 7.05 Å². The predicted octanol–water partition coefficient (Wildman–Crippen LogP) is 7.56. The van der Waals surface area contributed by atoms with Crippen molar-refractivity contribution in [2.75, 3.05) is 11.9 Å². The first-order chi connectivity index (χ1) is 20.8. The molecule has 0 radical (unpaired) electrons. The van der Waals surface area contributed by atoms with Crippen molar-refractivity contribution in [1.29, 1.82) is 0 Å². The molecule has 0 aliphatic rings. The molecule has 0 fully saturated rings. The number of ether oxygens (including phenoxy) is 2. The second-order valence-electron chi connectivity index (χ2n) is 9.92. The number of halogens is 2. The molecule has 0 saturated carbocycles. The number of hydrogen-bond acceptors (Lipinski definition) is 4. The van der Waals surface area contributed by atoms with Crippen molar-refractivity contribution >= 4 is 11.6 Å². The van der Waals surface area contributed by atoms with E-state index >= 15 is 0 Å². The minimum atomic E-state index is -0.874. The molecule has 1 amide bonds. The summed E-state index contributed by atoms with van der Waals surface area (Å²) in [6.45, 7) is 2.08. The number of hydrogen-bond donors (Lipinski definition) is 1. The number of nitrogens with one attached hydrogen (secondary N) is 1. The zero-order valence-corrected chi connectivity index (χ0v) is 23.8. The second-order valence-corrected chi connectivity index (χ2v) is 9.92. The molecule has 4 aromatic carbocycles. The van der Waals surface area contributed by atoms with Crippen LogP contribution < -0.4 is 20.3 Å². The van der Waals surface area contributed by atoms with E-state index in [4.69, 9.17) is 9.47 Å². The zero-order valence-electron chi connectivity index (χ0n) is 23.8. The molecule has 1 N–H and O–H groups in total. The number of benzene rings is 4. The number of anilines is 1. The Morgan fingerprint density at radius 2 is 1.56 bits per heavy atom. The summed E-state index contributed by atoms with van der Waals surface area (Å²) in [6, 6.07) is 26.8. The number of carbonyl (C=O) groups is 1. The van der Waals surface area contributed by atoms with Gasteiger partial charge < -0.3 is 19.4 Å². The van der Waals surface area contributed by atoms with Crippen molar-refractivity contribution < 1.29 is 23.0 Å². The number of pyridine rings is 1. The van der Waals surface area contributed by atoms with Gasteiger partial charge in [0.2, 0.25) is 0 Å². The van der Waals surface area contributed by atoms with Crippen molar-refractivity contribution in [3.63, 3.8) is 0 Å². The van der Waals surface area contributed by atoms with Crippen LogP contribution in [0.4, 0.5) is 14.5 Å². The molecular weight excluding hydrogens is 550 g/mol. The predicted molar refractivity (Wildman–Crippen MR) is 163 cm³/mol. The third-order valence-corrected chi connectivity index (χ3v) is 6.92. The summed E-state index contributed by atoms with van der Waals surface area (Å²) in [6.07, 6.45) is 3.06. The van der Waals surface area contributed by atoms with E-state index in [9.17, 15) is 18.4 Å². The van der Waals surface area contributed by atoms with E-state index in [0.717, 1.165) is 24.1 Å². The highest BCUT2D eigenvalue weighted by molar-refractivity contribution is 6.05. The molecular formula is C35H30F2N2O4. The lowest BCUT2D eigenvalue weighted by Crippen LogP contribution is -2.16. The third kappa shape index (κ3) is 6.98. The van der Waals surface area contributed by atoms with Gasteiger partial charge in [-0.15, -0.1) is 0 Å². The molecule has 0 atom stereocenters. The summed E-state index contributed by atoms with van der Waals surface area (Å²) in [5, 5.41) is 2.97.